The van der Waals surface area contributed by atoms with Gasteiger partial charge in [0.1, 0.15) is 0 Å². The molecule has 6 heteroatoms. The van der Waals surface area contributed by atoms with Crippen molar-refractivity contribution in [1.82, 2.24) is 5.32 Å². The van der Waals surface area contributed by atoms with Gasteiger partial charge in [-0.2, -0.15) is 5.26 Å². The first-order valence-electron chi connectivity index (χ1n) is 6.79. The maximum Gasteiger partial charge on any atom is 0.234 e. The maximum atomic E-state index is 12.3. The molecule has 1 unspecified atom stereocenters. The average molecular weight is 329 g/mol. The zero-order chi connectivity index (χ0) is 15.9. The van der Waals surface area contributed by atoms with Crippen LogP contribution >= 0.6 is 12.4 Å². The van der Waals surface area contributed by atoms with Crippen LogP contribution in [0.1, 0.15) is 22.6 Å². The molecule has 5 nitrogen and oxygen atoms in total. The van der Waals surface area contributed by atoms with Crippen LogP contribution in [0.5, 0.6) is 0 Å². The van der Waals surface area contributed by atoms with Crippen LogP contribution in [0.4, 0.5) is 0 Å². The van der Waals surface area contributed by atoms with Gasteiger partial charge in [-0.25, -0.2) is 0 Å². The standard InChI is InChI=1S/C17H16N4O.ClH/c18-11-13-6-8-14(9-7-13)15(16(22)21-17(19)20)10-12-4-2-1-3-5-12;/h1-9,15H,10H2,(H4,19,20,21,22);1H. The summed E-state index contributed by atoms with van der Waals surface area (Å²) in [7, 11) is 0. The molecule has 23 heavy (non-hydrogen) atoms. The molecule has 2 aromatic rings. The van der Waals surface area contributed by atoms with E-state index in [9.17, 15) is 4.79 Å². The molecule has 0 radical (unpaired) electrons. The molecule has 0 aliphatic carbocycles. The molecule has 0 saturated carbocycles. The van der Waals surface area contributed by atoms with Gasteiger partial charge in [-0.1, -0.05) is 42.5 Å². The van der Waals surface area contributed by atoms with E-state index in [-0.39, 0.29) is 24.3 Å². The van der Waals surface area contributed by atoms with Gasteiger partial charge in [-0.3, -0.25) is 15.5 Å². The van der Waals surface area contributed by atoms with Crippen LogP contribution in [0.15, 0.2) is 54.6 Å². The number of benzene rings is 2. The summed E-state index contributed by atoms with van der Waals surface area (Å²) in [5, 5.41) is 18.4. The van der Waals surface area contributed by atoms with E-state index in [2.05, 4.69) is 5.32 Å². The second-order valence-corrected chi connectivity index (χ2v) is 4.88. The third-order valence-electron chi connectivity index (χ3n) is 3.30. The van der Waals surface area contributed by atoms with Gasteiger partial charge < -0.3 is 5.73 Å². The van der Waals surface area contributed by atoms with Crippen molar-refractivity contribution in [2.24, 2.45) is 5.73 Å². The van der Waals surface area contributed by atoms with Crippen molar-refractivity contribution < 1.29 is 4.79 Å². The predicted octanol–water partition coefficient (Wildman–Crippen LogP) is 2.32. The lowest BCUT2D eigenvalue weighted by atomic mass is 9.90. The van der Waals surface area contributed by atoms with Crippen molar-refractivity contribution >= 4 is 24.3 Å². The van der Waals surface area contributed by atoms with Crippen LogP contribution in [0.25, 0.3) is 0 Å². The Hall–Kier alpha value is -2.84. The summed E-state index contributed by atoms with van der Waals surface area (Å²) in [5.74, 6) is -1.18. The van der Waals surface area contributed by atoms with Crippen molar-refractivity contribution in [1.29, 1.82) is 10.7 Å². The van der Waals surface area contributed by atoms with Crippen LogP contribution < -0.4 is 11.1 Å². The fourth-order valence-corrected chi connectivity index (χ4v) is 2.22. The number of nitrogens with two attached hydrogens (primary N) is 1. The van der Waals surface area contributed by atoms with Crippen molar-refractivity contribution in [3.05, 3.63) is 71.3 Å². The molecule has 0 aliphatic heterocycles. The topological polar surface area (TPSA) is 103 Å². The summed E-state index contributed by atoms with van der Waals surface area (Å²) in [6, 6.07) is 18.5. The Morgan fingerprint density at radius 2 is 1.78 bits per heavy atom. The first kappa shape index (κ1) is 18.2. The van der Waals surface area contributed by atoms with Gasteiger partial charge >= 0.3 is 0 Å². The summed E-state index contributed by atoms with van der Waals surface area (Å²) >= 11 is 0. The molecule has 2 aromatic carbocycles. The van der Waals surface area contributed by atoms with E-state index < -0.39 is 5.92 Å². The highest BCUT2D eigenvalue weighted by Gasteiger charge is 2.21. The number of carbonyl (C=O) groups excluding carboxylic acids is 1. The summed E-state index contributed by atoms with van der Waals surface area (Å²) < 4.78 is 0. The number of nitriles is 1. The highest BCUT2D eigenvalue weighted by molar-refractivity contribution is 5.98. The minimum atomic E-state index is -0.473. The lowest BCUT2D eigenvalue weighted by Gasteiger charge is -2.17. The molecule has 0 aromatic heterocycles. The molecule has 0 fully saturated rings. The van der Waals surface area contributed by atoms with Crippen molar-refractivity contribution in [2.45, 2.75) is 12.3 Å². The molecule has 0 spiro atoms. The summed E-state index contributed by atoms with van der Waals surface area (Å²) in [4.78, 5) is 12.3. The number of hydrogen-bond donors (Lipinski definition) is 3. The Labute approximate surface area is 141 Å². The Bertz CT molecular complexity index is 708. The number of nitrogens with zero attached hydrogens (tertiary/aromatic N) is 1. The first-order chi connectivity index (χ1) is 10.6. The monoisotopic (exact) mass is 328 g/mol. The van der Waals surface area contributed by atoms with Crippen LogP contribution in [-0.2, 0) is 11.2 Å². The smallest absolute Gasteiger partial charge is 0.234 e. The molecule has 0 aliphatic rings. The summed E-state index contributed by atoms with van der Waals surface area (Å²) in [6.07, 6.45) is 0.492. The summed E-state index contributed by atoms with van der Waals surface area (Å²) in [6.45, 7) is 0. The van der Waals surface area contributed by atoms with Gasteiger partial charge in [0.2, 0.25) is 5.91 Å². The Morgan fingerprint density at radius 3 is 2.30 bits per heavy atom. The SMILES string of the molecule is Cl.N#Cc1ccc(C(Cc2ccccc2)C(=O)NC(=N)N)cc1. The van der Waals surface area contributed by atoms with Gasteiger partial charge in [0.25, 0.3) is 0 Å². The Morgan fingerprint density at radius 1 is 1.17 bits per heavy atom. The number of halogens is 1. The van der Waals surface area contributed by atoms with Gasteiger partial charge in [0.15, 0.2) is 5.96 Å². The zero-order valence-corrected chi connectivity index (χ0v) is 13.1. The van der Waals surface area contributed by atoms with Gasteiger partial charge in [-0.15, -0.1) is 12.4 Å². The first-order valence-corrected chi connectivity index (χ1v) is 6.79. The lowest BCUT2D eigenvalue weighted by Crippen LogP contribution is -2.39. The molecular formula is C17H17ClN4O. The highest BCUT2D eigenvalue weighted by atomic mass is 35.5. The van der Waals surface area contributed by atoms with Gasteiger partial charge in [0.05, 0.1) is 17.6 Å². The largest absolute Gasteiger partial charge is 0.370 e. The maximum absolute atomic E-state index is 12.3. The van der Waals surface area contributed by atoms with Crippen molar-refractivity contribution in [3.63, 3.8) is 0 Å². The fraction of sp³-hybridized carbons (Fsp3) is 0.118. The minimum Gasteiger partial charge on any atom is -0.370 e. The second kappa shape index (κ2) is 8.57. The molecule has 0 bridgehead atoms. The molecule has 4 N–H and O–H groups in total. The second-order valence-electron chi connectivity index (χ2n) is 4.88. The fourth-order valence-electron chi connectivity index (χ4n) is 2.22. The van der Waals surface area contributed by atoms with Crippen LogP contribution in [0.2, 0.25) is 0 Å². The molecular weight excluding hydrogens is 312 g/mol. The molecule has 0 saturated heterocycles. The lowest BCUT2D eigenvalue weighted by molar-refractivity contribution is -0.121. The van der Waals surface area contributed by atoms with Crippen LogP contribution in [-0.4, -0.2) is 11.9 Å². The van der Waals surface area contributed by atoms with E-state index in [1.807, 2.05) is 36.4 Å². The van der Waals surface area contributed by atoms with E-state index in [1.165, 1.54) is 0 Å². The average Bonchev–Trinajstić information content (AvgIpc) is 2.53. The number of nitrogens with one attached hydrogen (secondary N) is 2. The van der Waals surface area contributed by atoms with E-state index >= 15 is 0 Å². The van der Waals surface area contributed by atoms with E-state index in [0.29, 0.717) is 12.0 Å². The van der Waals surface area contributed by atoms with Gasteiger partial charge in [0, 0.05) is 0 Å². The molecule has 1 amide bonds. The molecule has 1 atom stereocenters. The number of guanidine groups is 1. The highest BCUT2D eigenvalue weighted by Crippen LogP contribution is 2.22. The number of rotatable bonds is 4. The van der Waals surface area contributed by atoms with Gasteiger partial charge in [-0.05, 0) is 29.7 Å². The number of hydrogen-bond acceptors (Lipinski definition) is 3. The van der Waals surface area contributed by atoms with Crippen LogP contribution in [0, 0.1) is 16.7 Å². The summed E-state index contributed by atoms with van der Waals surface area (Å²) in [5.41, 5.74) is 7.58. The third kappa shape index (κ3) is 5.13. The van der Waals surface area contributed by atoms with E-state index in [4.69, 9.17) is 16.4 Å². The Kier molecular flexibility index (Phi) is 6.78. The van der Waals surface area contributed by atoms with E-state index in [0.717, 1.165) is 11.1 Å². The minimum absolute atomic E-state index is 0. The van der Waals surface area contributed by atoms with Crippen LogP contribution in [0.3, 0.4) is 0 Å². The Balaban J connectivity index is 0.00000264. The zero-order valence-electron chi connectivity index (χ0n) is 12.3. The molecule has 118 valence electrons. The third-order valence-corrected chi connectivity index (χ3v) is 3.30. The number of amides is 1. The van der Waals surface area contributed by atoms with Crippen molar-refractivity contribution in [3.8, 4) is 6.07 Å². The van der Waals surface area contributed by atoms with E-state index in [1.54, 1.807) is 24.3 Å². The molecule has 0 heterocycles. The molecule has 2 rings (SSSR count). The normalized spacial score (nSPS) is 10.7. The van der Waals surface area contributed by atoms with Crippen molar-refractivity contribution in [2.75, 3.05) is 0 Å². The number of carbonyl (C=O) groups is 1. The predicted molar refractivity (Wildman–Crippen MR) is 91.3 cm³/mol. The quantitative estimate of drug-likeness (QED) is 0.592.